The second-order valence-electron chi connectivity index (χ2n) is 4.22. The van der Waals surface area contributed by atoms with Gasteiger partial charge in [0.25, 0.3) is 0 Å². The van der Waals surface area contributed by atoms with Crippen molar-refractivity contribution in [3.63, 3.8) is 0 Å². The van der Waals surface area contributed by atoms with Crippen molar-refractivity contribution in [2.24, 2.45) is 5.41 Å². The number of rotatable bonds is 4. The molecule has 88 valence electrons. The quantitative estimate of drug-likeness (QED) is 0.610. The van der Waals surface area contributed by atoms with Crippen molar-refractivity contribution in [3.05, 3.63) is 34.9 Å². The van der Waals surface area contributed by atoms with Crippen LogP contribution < -0.4 is 0 Å². The Morgan fingerprint density at radius 3 is 2.38 bits per heavy atom. The van der Waals surface area contributed by atoms with Crippen LogP contribution in [0.3, 0.4) is 0 Å². The van der Waals surface area contributed by atoms with Crippen molar-refractivity contribution in [3.8, 4) is 0 Å². The van der Waals surface area contributed by atoms with E-state index in [4.69, 9.17) is 27.9 Å². The van der Waals surface area contributed by atoms with Crippen LogP contribution in [0.4, 0.5) is 0 Å². The molecule has 1 rings (SSSR count). The molecule has 0 amide bonds. The van der Waals surface area contributed by atoms with Gasteiger partial charge in [-0.25, -0.2) is 0 Å². The van der Waals surface area contributed by atoms with Crippen molar-refractivity contribution in [1.29, 1.82) is 0 Å². The van der Waals surface area contributed by atoms with E-state index in [2.05, 4.69) is 0 Å². The average molecular weight is 261 g/mol. The van der Waals surface area contributed by atoms with Gasteiger partial charge in [-0.05, 0) is 31.5 Å². The maximum atomic E-state index is 11.6. The fraction of sp³-hybridized carbons (Fsp3) is 0.417. The van der Waals surface area contributed by atoms with Crippen LogP contribution in [-0.2, 0) is 16.1 Å². The monoisotopic (exact) mass is 260 g/mol. The molecule has 0 atom stereocenters. The van der Waals surface area contributed by atoms with Crippen LogP contribution in [0.5, 0.6) is 0 Å². The molecule has 0 aliphatic heterocycles. The van der Waals surface area contributed by atoms with Crippen LogP contribution >= 0.6 is 23.2 Å². The minimum Gasteiger partial charge on any atom is -0.460 e. The summed E-state index contributed by atoms with van der Waals surface area (Å²) in [5.41, 5.74) is 0.261. The summed E-state index contributed by atoms with van der Waals surface area (Å²) in [6.45, 7) is 3.75. The number of hydrogen-bond acceptors (Lipinski definition) is 2. The lowest BCUT2D eigenvalue weighted by Gasteiger charge is -2.19. The average Bonchev–Trinajstić information content (AvgIpc) is 2.28. The van der Waals surface area contributed by atoms with E-state index in [1.807, 2.05) is 12.1 Å². The summed E-state index contributed by atoms with van der Waals surface area (Å²) in [6, 6.07) is 7.17. The summed E-state index contributed by atoms with van der Waals surface area (Å²) in [4.78, 5) is 11.6. The van der Waals surface area contributed by atoms with Gasteiger partial charge in [0.2, 0.25) is 0 Å². The topological polar surface area (TPSA) is 26.3 Å². The van der Waals surface area contributed by atoms with E-state index in [0.717, 1.165) is 5.56 Å². The van der Waals surface area contributed by atoms with Gasteiger partial charge in [-0.2, -0.15) is 0 Å². The van der Waals surface area contributed by atoms with Gasteiger partial charge < -0.3 is 4.74 Å². The summed E-state index contributed by atoms with van der Waals surface area (Å²) >= 11 is 11.4. The Morgan fingerprint density at radius 1 is 1.31 bits per heavy atom. The van der Waals surface area contributed by atoms with E-state index in [1.165, 1.54) is 0 Å². The van der Waals surface area contributed by atoms with Gasteiger partial charge in [0.05, 0.1) is 5.41 Å². The fourth-order valence-corrected chi connectivity index (χ4v) is 1.21. The first-order valence-corrected chi connectivity index (χ1v) is 5.84. The fourth-order valence-electron chi connectivity index (χ4n) is 0.979. The normalized spacial score (nSPS) is 11.2. The number of benzene rings is 1. The van der Waals surface area contributed by atoms with E-state index in [1.54, 1.807) is 26.0 Å². The Kier molecular flexibility index (Phi) is 4.63. The van der Waals surface area contributed by atoms with E-state index in [0.29, 0.717) is 5.02 Å². The number of halogens is 2. The molecule has 0 aliphatic rings. The number of carbonyl (C=O) groups excluding carboxylic acids is 1. The first-order chi connectivity index (χ1) is 7.45. The highest BCUT2D eigenvalue weighted by Crippen LogP contribution is 2.20. The molecular formula is C12H14Cl2O2. The second kappa shape index (κ2) is 5.55. The lowest BCUT2D eigenvalue weighted by Crippen LogP contribution is -2.28. The zero-order chi connectivity index (χ0) is 12.2. The van der Waals surface area contributed by atoms with Crippen molar-refractivity contribution in [1.82, 2.24) is 0 Å². The van der Waals surface area contributed by atoms with Crippen LogP contribution in [0.1, 0.15) is 19.4 Å². The van der Waals surface area contributed by atoms with Gasteiger partial charge in [0.1, 0.15) is 6.61 Å². The van der Waals surface area contributed by atoms with Gasteiger partial charge in [-0.15, -0.1) is 11.6 Å². The minimum absolute atomic E-state index is 0.243. The molecule has 0 aliphatic carbocycles. The lowest BCUT2D eigenvalue weighted by atomic mass is 9.97. The number of esters is 1. The minimum atomic E-state index is -0.645. The molecule has 0 saturated heterocycles. The van der Waals surface area contributed by atoms with Gasteiger partial charge in [0.15, 0.2) is 0 Å². The van der Waals surface area contributed by atoms with Crippen molar-refractivity contribution < 1.29 is 9.53 Å². The Hall–Kier alpha value is -0.730. The van der Waals surface area contributed by atoms with Crippen LogP contribution in [-0.4, -0.2) is 11.8 Å². The zero-order valence-corrected chi connectivity index (χ0v) is 10.8. The molecule has 0 radical (unpaired) electrons. The third-order valence-corrected chi connectivity index (χ3v) is 3.09. The Labute approximate surface area is 106 Å². The third kappa shape index (κ3) is 3.69. The molecule has 2 nitrogen and oxygen atoms in total. The summed E-state index contributed by atoms with van der Waals surface area (Å²) in [5, 5.41) is 0.663. The van der Waals surface area contributed by atoms with Crippen molar-refractivity contribution in [2.45, 2.75) is 20.5 Å². The molecular weight excluding hydrogens is 247 g/mol. The van der Waals surface area contributed by atoms with Crippen molar-refractivity contribution in [2.75, 3.05) is 5.88 Å². The van der Waals surface area contributed by atoms with Gasteiger partial charge in [0, 0.05) is 10.9 Å². The first kappa shape index (κ1) is 13.3. The maximum absolute atomic E-state index is 11.6. The number of alkyl halides is 1. The molecule has 16 heavy (non-hydrogen) atoms. The molecule has 0 saturated carbocycles. The molecule has 0 N–H and O–H groups in total. The van der Waals surface area contributed by atoms with Crippen LogP contribution in [0, 0.1) is 5.41 Å². The van der Waals surface area contributed by atoms with Gasteiger partial charge in [-0.3, -0.25) is 4.79 Å². The van der Waals surface area contributed by atoms with Crippen LogP contribution in [0.25, 0.3) is 0 Å². The molecule has 1 aromatic rings. The number of hydrogen-bond donors (Lipinski definition) is 0. The SMILES string of the molecule is CC(C)(CCl)C(=O)OCc1ccc(Cl)cc1. The summed E-state index contributed by atoms with van der Waals surface area (Å²) in [6.07, 6.45) is 0. The second-order valence-corrected chi connectivity index (χ2v) is 4.92. The lowest BCUT2D eigenvalue weighted by molar-refractivity contribution is -0.154. The van der Waals surface area contributed by atoms with Crippen LogP contribution in [0.2, 0.25) is 5.02 Å². The van der Waals surface area contributed by atoms with Crippen molar-refractivity contribution >= 4 is 29.2 Å². The number of ether oxygens (including phenoxy) is 1. The maximum Gasteiger partial charge on any atom is 0.313 e. The van der Waals surface area contributed by atoms with E-state index in [-0.39, 0.29) is 18.5 Å². The molecule has 0 unspecified atom stereocenters. The molecule has 4 heteroatoms. The highest BCUT2D eigenvalue weighted by molar-refractivity contribution is 6.30. The molecule has 0 fully saturated rings. The van der Waals surface area contributed by atoms with E-state index in [9.17, 15) is 4.79 Å². The van der Waals surface area contributed by atoms with Gasteiger partial charge in [-0.1, -0.05) is 23.7 Å². The Bertz CT molecular complexity index is 358. The van der Waals surface area contributed by atoms with E-state index >= 15 is 0 Å². The Balaban J connectivity index is 2.52. The zero-order valence-electron chi connectivity index (χ0n) is 9.30. The van der Waals surface area contributed by atoms with Crippen LogP contribution in [0.15, 0.2) is 24.3 Å². The van der Waals surface area contributed by atoms with E-state index < -0.39 is 5.41 Å². The predicted octanol–water partition coefficient (Wildman–Crippen LogP) is 3.65. The summed E-state index contributed by atoms with van der Waals surface area (Å²) < 4.78 is 5.16. The third-order valence-electron chi connectivity index (χ3n) is 2.17. The highest BCUT2D eigenvalue weighted by atomic mass is 35.5. The Morgan fingerprint density at radius 2 is 1.88 bits per heavy atom. The van der Waals surface area contributed by atoms with Gasteiger partial charge >= 0.3 is 5.97 Å². The molecule has 1 aromatic carbocycles. The first-order valence-electron chi connectivity index (χ1n) is 4.93. The highest BCUT2D eigenvalue weighted by Gasteiger charge is 2.28. The molecule has 0 spiro atoms. The molecule has 0 bridgehead atoms. The summed E-state index contributed by atoms with van der Waals surface area (Å²) in [5.74, 6) is -0.0515. The largest absolute Gasteiger partial charge is 0.460 e. The predicted molar refractivity (Wildman–Crippen MR) is 65.7 cm³/mol. The standard InChI is InChI=1S/C12H14Cl2O2/c1-12(2,8-13)11(15)16-7-9-3-5-10(14)6-4-9/h3-6H,7-8H2,1-2H3. The summed E-state index contributed by atoms with van der Waals surface area (Å²) in [7, 11) is 0. The molecule has 0 aromatic heterocycles. The smallest absolute Gasteiger partial charge is 0.313 e. The number of carbonyl (C=O) groups is 1. The molecule has 0 heterocycles.